The first-order valence-corrected chi connectivity index (χ1v) is 6.16. The summed E-state index contributed by atoms with van der Waals surface area (Å²) < 4.78 is 5.09. The van der Waals surface area contributed by atoms with Crippen molar-refractivity contribution in [2.24, 2.45) is 0 Å². The van der Waals surface area contributed by atoms with Crippen molar-refractivity contribution in [3.63, 3.8) is 0 Å². The monoisotopic (exact) mass is 223 g/mol. The number of hydrogen-bond donors (Lipinski definition) is 1. The average Bonchev–Trinajstić information content (AvgIpc) is 2.89. The van der Waals surface area contributed by atoms with E-state index in [1.54, 1.807) is 0 Å². The molecule has 0 saturated carbocycles. The van der Waals surface area contributed by atoms with Crippen LogP contribution in [0, 0.1) is 6.92 Å². The van der Waals surface area contributed by atoms with Gasteiger partial charge in [-0.15, -0.1) is 0 Å². The van der Waals surface area contributed by atoms with Crippen LogP contribution in [0.3, 0.4) is 0 Å². The van der Waals surface area contributed by atoms with Gasteiger partial charge in [-0.25, -0.2) is 0 Å². The zero-order valence-corrected chi connectivity index (χ0v) is 10.2. The zero-order valence-electron chi connectivity index (χ0n) is 10.2. The maximum Gasteiger partial charge on any atom is 0.133 e. The van der Waals surface area contributed by atoms with E-state index in [2.05, 4.69) is 22.3 Å². The van der Waals surface area contributed by atoms with Crippen molar-refractivity contribution in [1.82, 2.24) is 15.4 Å². The van der Waals surface area contributed by atoms with Crippen molar-refractivity contribution in [3.8, 4) is 0 Å². The molecule has 1 N–H and O–H groups in total. The summed E-state index contributed by atoms with van der Waals surface area (Å²) in [5.41, 5.74) is 1.04. The Morgan fingerprint density at radius 1 is 1.62 bits per heavy atom. The van der Waals surface area contributed by atoms with E-state index >= 15 is 0 Å². The van der Waals surface area contributed by atoms with Crippen LogP contribution in [0.2, 0.25) is 0 Å². The van der Waals surface area contributed by atoms with Crippen molar-refractivity contribution < 1.29 is 4.52 Å². The number of aromatic nitrogens is 1. The van der Waals surface area contributed by atoms with Crippen LogP contribution in [0.25, 0.3) is 0 Å². The highest BCUT2D eigenvalue weighted by atomic mass is 16.5. The Bertz CT molecular complexity index is 318. The molecule has 0 amide bonds. The lowest BCUT2D eigenvalue weighted by molar-refractivity contribution is 0.245. The van der Waals surface area contributed by atoms with E-state index in [0.29, 0.717) is 6.04 Å². The van der Waals surface area contributed by atoms with Crippen LogP contribution < -0.4 is 5.32 Å². The van der Waals surface area contributed by atoms with E-state index in [9.17, 15) is 0 Å². The molecular weight excluding hydrogens is 202 g/mol. The molecule has 2 rings (SSSR count). The molecule has 1 atom stereocenters. The number of likely N-dealkylation sites (N-methyl/N-ethyl adjacent to an activating group) is 1. The van der Waals surface area contributed by atoms with E-state index in [1.807, 2.05) is 13.0 Å². The van der Waals surface area contributed by atoms with Gasteiger partial charge in [0.25, 0.3) is 0 Å². The number of nitrogens with one attached hydrogen (secondary N) is 1. The van der Waals surface area contributed by atoms with Gasteiger partial charge in [0.15, 0.2) is 0 Å². The Hall–Kier alpha value is -0.870. The Kier molecular flexibility index (Phi) is 3.96. The number of rotatable bonds is 5. The predicted octanol–water partition coefficient (Wildman–Crippen LogP) is 1.56. The summed E-state index contributed by atoms with van der Waals surface area (Å²) in [5.74, 6) is 0.894. The van der Waals surface area contributed by atoms with Crippen LogP contribution in [-0.2, 0) is 6.54 Å². The molecule has 90 valence electrons. The van der Waals surface area contributed by atoms with Crippen LogP contribution in [-0.4, -0.2) is 35.7 Å². The molecule has 0 radical (unpaired) electrons. The molecule has 16 heavy (non-hydrogen) atoms. The summed E-state index contributed by atoms with van der Waals surface area (Å²) in [5, 5.41) is 7.57. The van der Waals surface area contributed by atoms with E-state index < -0.39 is 0 Å². The molecule has 2 heterocycles. The van der Waals surface area contributed by atoms with Gasteiger partial charge < -0.3 is 9.84 Å². The van der Waals surface area contributed by atoms with Crippen LogP contribution >= 0.6 is 0 Å². The molecule has 1 aromatic rings. The predicted molar refractivity (Wildman–Crippen MR) is 63.2 cm³/mol. The molecule has 0 bridgehead atoms. The van der Waals surface area contributed by atoms with E-state index in [1.165, 1.54) is 19.4 Å². The van der Waals surface area contributed by atoms with Gasteiger partial charge in [0.2, 0.25) is 0 Å². The molecule has 1 aliphatic rings. The maximum absolute atomic E-state index is 5.09. The molecule has 1 aromatic heterocycles. The maximum atomic E-state index is 5.09. The van der Waals surface area contributed by atoms with Crippen LogP contribution in [0.5, 0.6) is 0 Å². The summed E-state index contributed by atoms with van der Waals surface area (Å²) in [4.78, 5) is 2.42. The van der Waals surface area contributed by atoms with Crippen molar-refractivity contribution in [3.05, 3.63) is 17.5 Å². The summed E-state index contributed by atoms with van der Waals surface area (Å²) in [6, 6.07) is 2.68. The molecule has 4 nitrogen and oxygen atoms in total. The second-order valence-electron chi connectivity index (χ2n) is 4.55. The van der Waals surface area contributed by atoms with Crippen molar-refractivity contribution in [1.29, 1.82) is 0 Å². The van der Waals surface area contributed by atoms with Gasteiger partial charge in [0.05, 0.1) is 5.69 Å². The van der Waals surface area contributed by atoms with Gasteiger partial charge in [-0.05, 0) is 32.9 Å². The topological polar surface area (TPSA) is 41.3 Å². The average molecular weight is 223 g/mol. The van der Waals surface area contributed by atoms with E-state index in [-0.39, 0.29) is 0 Å². The molecule has 1 saturated heterocycles. The highest BCUT2D eigenvalue weighted by molar-refractivity contribution is 5.03. The lowest BCUT2D eigenvalue weighted by atomic mass is 10.2. The van der Waals surface area contributed by atoms with Crippen LogP contribution in [0.1, 0.15) is 31.2 Å². The Balaban J connectivity index is 1.84. The SMILES string of the molecule is CCN(Cc1cc(C)on1)CC1CCCN1. The fourth-order valence-electron chi connectivity index (χ4n) is 2.25. The van der Waals surface area contributed by atoms with Crippen molar-refractivity contribution in [2.75, 3.05) is 19.6 Å². The Labute approximate surface area is 97.0 Å². The lowest BCUT2D eigenvalue weighted by Crippen LogP contribution is -2.37. The molecule has 1 fully saturated rings. The highest BCUT2D eigenvalue weighted by Gasteiger charge is 2.17. The largest absolute Gasteiger partial charge is 0.361 e. The van der Waals surface area contributed by atoms with E-state index in [0.717, 1.165) is 31.1 Å². The molecule has 1 unspecified atom stereocenters. The van der Waals surface area contributed by atoms with Gasteiger partial charge in [-0.1, -0.05) is 12.1 Å². The third-order valence-corrected chi connectivity index (χ3v) is 3.15. The van der Waals surface area contributed by atoms with Gasteiger partial charge in [0.1, 0.15) is 5.76 Å². The first-order valence-electron chi connectivity index (χ1n) is 6.16. The number of hydrogen-bond acceptors (Lipinski definition) is 4. The zero-order chi connectivity index (χ0) is 11.4. The van der Waals surface area contributed by atoms with Gasteiger partial charge in [-0.3, -0.25) is 4.90 Å². The fraction of sp³-hybridized carbons (Fsp3) is 0.750. The van der Waals surface area contributed by atoms with Gasteiger partial charge in [0, 0.05) is 25.2 Å². The molecule has 0 aliphatic carbocycles. The van der Waals surface area contributed by atoms with Gasteiger partial charge in [-0.2, -0.15) is 0 Å². The van der Waals surface area contributed by atoms with Crippen LogP contribution in [0.15, 0.2) is 10.6 Å². The second-order valence-corrected chi connectivity index (χ2v) is 4.55. The Morgan fingerprint density at radius 3 is 3.06 bits per heavy atom. The number of aryl methyl sites for hydroxylation is 1. The first-order chi connectivity index (χ1) is 7.78. The molecule has 0 aromatic carbocycles. The second kappa shape index (κ2) is 5.46. The molecule has 1 aliphatic heterocycles. The fourth-order valence-corrected chi connectivity index (χ4v) is 2.25. The summed E-state index contributed by atoms with van der Waals surface area (Å²) in [7, 11) is 0. The van der Waals surface area contributed by atoms with Crippen LogP contribution in [0.4, 0.5) is 0 Å². The Morgan fingerprint density at radius 2 is 2.50 bits per heavy atom. The van der Waals surface area contributed by atoms with Gasteiger partial charge >= 0.3 is 0 Å². The van der Waals surface area contributed by atoms with Crippen molar-refractivity contribution >= 4 is 0 Å². The summed E-state index contributed by atoms with van der Waals surface area (Å²) >= 11 is 0. The summed E-state index contributed by atoms with van der Waals surface area (Å²) in [6.07, 6.45) is 2.61. The minimum atomic E-state index is 0.660. The lowest BCUT2D eigenvalue weighted by Gasteiger charge is -2.22. The normalized spacial score (nSPS) is 20.8. The quantitative estimate of drug-likeness (QED) is 0.822. The van der Waals surface area contributed by atoms with Crippen molar-refractivity contribution in [2.45, 2.75) is 39.3 Å². The minimum Gasteiger partial charge on any atom is -0.361 e. The smallest absolute Gasteiger partial charge is 0.133 e. The minimum absolute atomic E-state index is 0.660. The first kappa shape index (κ1) is 11.6. The number of nitrogens with zero attached hydrogens (tertiary/aromatic N) is 2. The van der Waals surface area contributed by atoms with E-state index in [4.69, 9.17) is 4.52 Å². The molecular formula is C12H21N3O. The third-order valence-electron chi connectivity index (χ3n) is 3.15. The third kappa shape index (κ3) is 3.06. The molecule has 0 spiro atoms. The summed E-state index contributed by atoms with van der Waals surface area (Å²) in [6.45, 7) is 8.37. The highest BCUT2D eigenvalue weighted by Crippen LogP contribution is 2.10. The molecule has 4 heteroatoms. The standard InChI is InChI=1S/C12H21N3O/c1-3-15(8-11-5-4-6-13-11)9-12-7-10(2)16-14-12/h7,11,13H,3-6,8-9H2,1-2H3.